The van der Waals surface area contributed by atoms with E-state index in [-0.39, 0.29) is 17.2 Å². The molecule has 3 fully saturated rings. The van der Waals surface area contributed by atoms with Gasteiger partial charge in [0.05, 0.1) is 18.1 Å². The molecule has 0 N–H and O–H groups in total. The Morgan fingerprint density at radius 1 is 1.24 bits per heavy atom. The largest absolute Gasteiger partial charge is 0.496 e. The summed E-state index contributed by atoms with van der Waals surface area (Å²) >= 11 is 0. The minimum Gasteiger partial charge on any atom is -0.496 e. The Kier molecular flexibility index (Phi) is 4.18. The van der Waals surface area contributed by atoms with E-state index in [2.05, 4.69) is 4.90 Å². The van der Waals surface area contributed by atoms with E-state index in [1.54, 1.807) is 13.2 Å². The van der Waals surface area contributed by atoms with E-state index in [4.69, 9.17) is 4.74 Å². The predicted octanol–water partition coefficient (Wildman–Crippen LogP) is 2.56. The third-order valence-electron chi connectivity index (χ3n) is 5.98. The lowest BCUT2D eigenvalue weighted by molar-refractivity contribution is -0.145. The third-order valence-corrected chi connectivity index (χ3v) is 5.98. The van der Waals surface area contributed by atoms with Crippen LogP contribution in [0.1, 0.15) is 42.5 Å². The summed E-state index contributed by atoms with van der Waals surface area (Å²) in [5, 5.41) is 0. The van der Waals surface area contributed by atoms with Crippen molar-refractivity contribution in [1.29, 1.82) is 0 Å². The van der Waals surface area contributed by atoms with Crippen molar-refractivity contribution in [2.75, 3.05) is 33.3 Å². The smallest absolute Gasteiger partial charge is 0.257 e. The summed E-state index contributed by atoms with van der Waals surface area (Å²) in [6.07, 6.45) is 5.26. The van der Waals surface area contributed by atoms with Crippen LogP contribution in [-0.4, -0.2) is 54.9 Å². The zero-order chi connectivity index (χ0) is 17.4. The molecular formula is C20H26N2O3. The highest BCUT2D eigenvalue weighted by molar-refractivity contribution is 5.98. The van der Waals surface area contributed by atoms with Gasteiger partial charge in [-0.25, -0.2) is 0 Å². The van der Waals surface area contributed by atoms with Crippen LogP contribution < -0.4 is 4.74 Å². The number of methoxy groups -OCH3 is 1. The molecule has 1 saturated carbocycles. The van der Waals surface area contributed by atoms with E-state index in [9.17, 15) is 9.59 Å². The van der Waals surface area contributed by atoms with Gasteiger partial charge in [0.15, 0.2) is 0 Å². The van der Waals surface area contributed by atoms with Crippen LogP contribution in [0.15, 0.2) is 24.3 Å². The molecule has 0 bridgehead atoms. The highest BCUT2D eigenvalue weighted by Crippen LogP contribution is 2.42. The number of hydrogen-bond donors (Lipinski definition) is 0. The van der Waals surface area contributed by atoms with Gasteiger partial charge < -0.3 is 14.5 Å². The van der Waals surface area contributed by atoms with E-state index in [0.29, 0.717) is 30.3 Å². The van der Waals surface area contributed by atoms with E-state index < -0.39 is 0 Å². The van der Waals surface area contributed by atoms with Crippen LogP contribution in [0.3, 0.4) is 0 Å². The molecule has 1 aliphatic carbocycles. The second kappa shape index (κ2) is 6.36. The number of ether oxygens (including phenoxy) is 1. The molecule has 1 unspecified atom stereocenters. The predicted molar refractivity (Wildman–Crippen MR) is 94.5 cm³/mol. The monoisotopic (exact) mass is 342 g/mol. The lowest BCUT2D eigenvalue weighted by Gasteiger charge is -2.39. The molecule has 2 heterocycles. The number of rotatable bonds is 4. The van der Waals surface area contributed by atoms with Crippen LogP contribution in [0, 0.1) is 11.3 Å². The molecule has 0 radical (unpaired) electrons. The van der Waals surface area contributed by atoms with Crippen molar-refractivity contribution in [2.45, 2.75) is 32.1 Å². The fourth-order valence-corrected chi connectivity index (χ4v) is 4.35. The summed E-state index contributed by atoms with van der Waals surface area (Å²) in [5.74, 6) is 1.56. The summed E-state index contributed by atoms with van der Waals surface area (Å²) in [5.41, 5.74) is 0.227. The second-order valence-electron chi connectivity index (χ2n) is 7.76. The Balaban J connectivity index is 1.50. The van der Waals surface area contributed by atoms with Crippen LogP contribution in [0.2, 0.25) is 0 Å². The highest BCUT2D eigenvalue weighted by atomic mass is 16.5. The number of likely N-dealkylation sites (tertiary alicyclic amines) is 2. The van der Waals surface area contributed by atoms with E-state index >= 15 is 0 Å². The van der Waals surface area contributed by atoms with E-state index in [0.717, 1.165) is 32.4 Å². The molecule has 1 spiro atoms. The Bertz CT molecular complexity index is 685. The molecule has 1 aromatic rings. The lowest BCUT2D eigenvalue weighted by atomic mass is 9.78. The van der Waals surface area contributed by atoms with Crippen LogP contribution in [0.5, 0.6) is 5.75 Å². The second-order valence-corrected chi connectivity index (χ2v) is 7.76. The fraction of sp³-hybridized carbons (Fsp3) is 0.600. The number of nitrogens with zero attached hydrogens (tertiary/aromatic N) is 2. The average Bonchev–Trinajstić information content (AvgIpc) is 3.36. The zero-order valence-electron chi connectivity index (χ0n) is 14.9. The topological polar surface area (TPSA) is 49.9 Å². The van der Waals surface area contributed by atoms with Gasteiger partial charge in [-0.2, -0.15) is 0 Å². The summed E-state index contributed by atoms with van der Waals surface area (Å²) in [6, 6.07) is 7.32. The summed E-state index contributed by atoms with van der Waals surface area (Å²) in [7, 11) is 1.58. The zero-order valence-corrected chi connectivity index (χ0v) is 14.9. The number of hydrogen-bond acceptors (Lipinski definition) is 3. The van der Waals surface area contributed by atoms with Crippen LogP contribution in [-0.2, 0) is 4.79 Å². The van der Waals surface area contributed by atoms with Crippen molar-refractivity contribution in [3.63, 3.8) is 0 Å². The molecule has 2 saturated heterocycles. The van der Waals surface area contributed by atoms with Gasteiger partial charge in [-0.15, -0.1) is 0 Å². The molecular weight excluding hydrogens is 316 g/mol. The first kappa shape index (κ1) is 16.4. The Morgan fingerprint density at radius 2 is 2.04 bits per heavy atom. The minimum absolute atomic E-state index is 0.0264. The summed E-state index contributed by atoms with van der Waals surface area (Å²) < 4.78 is 5.33. The first-order valence-corrected chi connectivity index (χ1v) is 9.35. The van der Waals surface area contributed by atoms with E-state index in [1.807, 2.05) is 23.1 Å². The Morgan fingerprint density at radius 3 is 2.80 bits per heavy atom. The third kappa shape index (κ3) is 3.00. The number of carbonyl (C=O) groups excluding carboxylic acids is 2. The normalized spacial score (nSPS) is 26.4. The van der Waals surface area contributed by atoms with Gasteiger partial charge in [-0.3, -0.25) is 9.59 Å². The highest BCUT2D eigenvalue weighted by Gasteiger charge is 2.50. The molecule has 3 aliphatic rings. The van der Waals surface area contributed by atoms with Crippen molar-refractivity contribution in [3.05, 3.63) is 29.8 Å². The molecule has 2 aliphatic heterocycles. The van der Waals surface area contributed by atoms with Crippen molar-refractivity contribution >= 4 is 11.8 Å². The van der Waals surface area contributed by atoms with Gasteiger partial charge in [0.2, 0.25) is 5.91 Å². The molecule has 2 amide bonds. The van der Waals surface area contributed by atoms with Crippen LogP contribution in [0.4, 0.5) is 0 Å². The maximum atomic E-state index is 13.1. The van der Waals surface area contributed by atoms with Gasteiger partial charge in [0.25, 0.3) is 5.91 Å². The fourth-order valence-electron chi connectivity index (χ4n) is 4.35. The van der Waals surface area contributed by atoms with Gasteiger partial charge >= 0.3 is 0 Å². The molecule has 1 atom stereocenters. The van der Waals surface area contributed by atoms with Crippen molar-refractivity contribution < 1.29 is 14.3 Å². The van der Waals surface area contributed by atoms with Gasteiger partial charge in [-0.05, 0) is 50.2 Å². The number of carbonyl (C=O) groups is 2. The molecule has 1 aromatic carbocycles. The van der Waals surface area contributed by atoms with Crippen molar-refractivity contribution in [1.82, 2.24) is 9.80 Å². The maximum absolute atomic E-state index is 13.1. The quantitative estimate of drug-likeness (QED) is 0.845. The minimum atomic E-state index is -0.356. The van der Waals surface area contributed by atoms with Gasteiger partial charge in [0, 0.05) is 26.2 Å². The lowest BCUT2D eigenvalue weighted by Crippen LogP contribution is -2.50. The Labute approximate surface area is 148 Å². The first-order valence-electron chi connectivity index (χ1n) is 9.35. The summed E-state index contributed by atoms with van der Waals surface area (Å²) in [4.78, 5) is 30.0. The molecule has 134 valence electrons. The average molecular weight is 342 g/mol. The van der Waals surface area contributed by atoms with E-state index in [1.165, 1.54) is 12.8 Å². The number of benzene rings is 1. The van der Waals surface area contributed by atoms with Crippen molar-refractivity contribution in [2.24, 2.45) is 11.3 Å². The molecule has 5 nitrogen and oxygen atoms in total. The number of piperidine rings is 1. The van der Waals surface area contributed by atoms with Crippen LogP contribution in [0.25, 0.3) is 0 Å². The number of para-hydroxylation sites is 1. The first-order chi connectivity index (χ1) is 12.1. The maximum Gasteiger partial charge on any atom is 0.257 e. The molecule has 25 heavy (non-hydrogen) atoms. The van der Waals surface area contributed by atoms with Gasteiger partial charge in [0.1, 0.15) is 5.75 Å². The molecule has 5 heteroatoms. The Hall–Kier alpha value is -2.04. The standard InChI is InChI=1S/C20H26N2O3/c1-25-17-6-3-2-5-16(17)18(23)22-12-10-20(14-22)9-4-11-21(19(20)24)13-15-7-8-15/h2-3,5-6,15H,4,7-14H2,1H3. The van der Waals surface area contributed by atoms with Gasteiger partial charge in [-0.1, -0.05) is 12.1 Å². The van der Waals surface area contributed by atoms with Crippen LogP contribution >= 0.6 is 0 Å². The SMILES string of the molecule is COc1ccccc1C(=O)N1CCC2(CCCN(CC3CC3)C2=O)C1. The number of amides is 2. The molecule has 0 aromatic heterocycles. The molecule has 4 rings (SSSR count). The van der Waals surface area contributed by atoms with Crippen molar-refractivity contribution in [3.8, 4) is 5.75 Å². The summed E-state index contributed by atoms with van der Waals surface area (Å²) in [6.45, 7) is 3.00.